The summed E-state index contributed by atoms with van der Waals surface area (Å²) < 4.78 is 16.6. The van der Waals surface area contributed by atoms with Crippen molar-refractivity contribution in [1.29, 1.82) is 0 Å². The van der Waals surface area contributed by atoms with Gasteiger partial charge in [-0.05, 0) is 54.1 Å². The SMILES string of the molecule is O=C(NC1CCCCC1)C(c1ccco1)N(Cc1ccc2c(c1)OCO2)C(=O)c1cccs1. The number of carbonyl (C=O) groups excluding carboxylic acids is 2. The van der Waals surface area contributed by atoms with E-state index in [1.165, 1.54) is 24.0 Å². The minimum atomic E-state index is -0.887. The Morgan fingerprint density at radius 3 is 2.67 bits per heavy atom. The highest BCUT2D eigenvalue weighted by atomic mass is 32.1. The predicted molar refractivity (Wildman–Crippen MR) is 123 cm³/mol. The quantitative estimate of drug-likeness (QED) is 0.536. The number of nitrogens with zero attached hydrogens (tertiary/aromatic N) is 1. The molecule has 7 nitrogen and oxygen atoms in total. The lowest BCUT2D eigenvalue weighted by Crippen LogP contribution is -2.46. The molecule has 1 aromatic carbocycles. The van der Waals surface area contributed by atoms with Gasteiger partial charge in [-0.3, -0.25) is 9.59 Å². The van der Waals surface area contributed by atoms with Crippen LogP contribution in [0, 0.1) is 0 Å². The van der Waals surface area contributed by atoms with Crippen LogP contribution < -0.4 is 14.8 Å². The standard InChI is InChI=1S/C25H26N2O5S/c28-24(26-18-6-2-1-3-7-18)23(20-8-4-12-30-20)27(25(29)22-9-5-13-33-22)15-17-10-11-19-21(14-17)32-16-31-19/h4-5,8-14,18,23H,1-3,6-7,15-16H2,(H,26,28). The largest absolute Gasteiger partial charge is 0.467 e. The summed E-state index contributed by atoms with van der Waals surface area (Å²) in [5.74, 6) is 1.31. The van der Waals surface area contributed by atoms with Crippen molar-refractivity contribution in [3.8, 4) is 11.5 Å². The number of furan rings is 1. The second-order valence-electron chi connectivity index (χ2n) is 8.36. The Morgan fingerprint density at radius 1 is 1.06 bits per heavy atom. The molecule has 33 heavy (non-hydrogen) atoms. The maximum atomic E-state index is 13.6. The zero-order valence-electron chi connectivity index (χ0n) is 18.2. The molecule has 1 N–H and O–H groups in total. The molecule has 3 aromatic rings. The highest BCUT2D eigenvalue weighted by Gasteiger charge is 2.36. The van der Waals surface area contributed by atoms with Gasteiger partial charge in [-0.15, -0.1) is 11.3 Å². The van der Waals surface area contributed by atoms with Crippen molar-refractivity contribution in [2.75, 3.05) is 6.79 Å². The van der Waals surface area contributed by atoms with E-state index in [2.05, 4.69) is 5.32 Å². The van der Waals surface area contributed by atoms with E-state index in [1.807, 2.05) is 29.6 Å². The molecule has 2 amide bonds. The topological polar surface area (TPSA) is 81.0 Å². The molecular weight excluding hydrogens is 440 g/mol. The van der Waals surface area contributed by atoms with Gasteiger partial charge in [0.05, 0.1) is 11.1 Å². The number of thiophene rings is 1. The number of rotatable bonds is 7. The third-order valence-electron chi connectivity index (χ3n) is 6.11. The third kappa shape index (κ3) is 4.75. The number of carbonyl (C=O) groups is 2. The summed E-state index contributed by atoms with van der Waals surface area (Å²) in [7, 11) is 0. The monoisotopic (exact) mass is 466 g/mol. The normalized spacial score (nSPS) is 16.4. The number of benzene rings is 1. The van der Waals surface area contributed by atoms with Crippen LogP contribution in [0.25, 0.3) is 0 Å². The predicted octanol–water partition coefficient (Wildman–Crippen LogP) is 4.90. The number of nitrogens with one attached hydrogen (secondary N) is 1. The van der Waals surface area contributed by atoms with E-state index in [9.17, 15) is 9.59 Å². The number of fused-ring (bicyclic) bond motifs is 1. The van der Waals surface area contributed by atoms with E-state index in [0.717, 1.165) is 31.2 Å². The number of amides is 2. The van der Waals surface area contributed by atoms with Crippen LogP contribution in [0.15, 0.2) is 58.5 Å². The summed E-state index contributed by atoms with van der Waals surface area (Å²) in [4.78, 5) is 29.4. The fraction of sp³-hybridized carbons (Fsp3) is 0.360. The number of hydrogen-bond acceptors (Lipinski definition) is 6. The Morgan fingerprint density at radius 2 is 1.91 bits per heavy atom. The molecule has 0 saturated heterocycles. The minimum absolute atomic E-state index is 0.118. The molecule has 1 aliphatic heterocycles. The maximum Gasteiger partial charge on any atom is 0.265 e. The first-order valence-corrected chi connectivity index (χ1v) is 12.1. The molecule has 172 valence electrons. The third-order valence-corrected chi connectivity index (χ3v) is 6.96. The lowest BCUT2D eigenvalue weighted by atomic mass is 9.95. The van der Waals surface area contributed by atoms with Crippen LogP contribution in [0.2, 0.25) is 0 Å². The van der Waals surface area contributed by atoms with Crippen molar-refractivity contribution in [2.45, 2.75) is 50.7 Å². The highest BCUT2D eigenvalue weighted by molar-refractivity contribution is 7.12. The second-order valence-corrected chi connectivity index (χ2v) is 9.31. The lowest BCUT2D eigenvalue weighted by Gasteiger charge is -2.32. The lowest BCUT2D eigenvalue weighted by molar-refractivity contribution is -0.127. The summed E-state index contributed by atoms with van der Waals surface area (Å²) in [6.45, 7) is 0.395. The van der Waals surface area contributed by atoms with Crippen LogP contribution in [0.5, 0.6) is 11.5 Å². The van der Waals surface area contributed by atoms with Crippen molar-refractivity contribution in [2.24, 2.45) is 0 Å². The molecule has 2 aromatic heterocycles. The molecule has 3 heterocycles. The van der Waals surface area contributed by atoms with E-state index in [-0.39, 0.29) is 31.2 Å². The van der Waals surface area contributed by atoms with Crippen LogP contribution >= 0.6 is 11.3 Å². The molecule has 0 spiro atoms. The van der Waals surface area contributed by atoms with Crippen LogP contribution in [0.3, 0.4) is 0 Å². The van der Waals surface area contributed by atoms with Gasteiger partial charge in [-0.1, -0.05) is 31.4 Å². The molecule has 1 fully saturated rings. The number of hydrogen-bond donors (Lipinski definition) is 1. The number of ether oxygens (including phenoxy) is 2. The average Bonchev–Trinajstić information content (AvgIpc) is 3.61. The van der Waals surface area contributed by atoms with Gasteiger partial charge >= 0.3 is 0 Å². The summed E-state index contributed by atoms with van der Waals surface area (Å²) >= 11 is 1.35. The van der Waals surface area contributed by atoms with E-state index >= 15 is 0 Å². The smallest absolute Gasteiger partial charge is 0.265 e. The molecule has 8 heteroatoms. The molecule has 1 unspecified atom stereocenters. The maximum absolute atomic E-state index is 13.6. The second kappa shape index (κ2) is 9.70. The van der Waals surface area contributed by atoms with E-state index in [4.69, 9.17) is 13.9 Å². The van der Waals surface area contributed by atoms with Crippen molar-refractivity contribution in [3.63, 3.8) is 0 Å². The van der Waals surface area contributed by atoms with Gasteiger partial charge in [0.2, 0.25) is 6.79 Å². The van der Waals surface area contributed by atoms with Gasteiger partial charge in [-0.25, -0.2) is 0 Å². The van der Waals surface area contributed by atoms with Crippen LogP contribution in [0.4, 0.5) is 0 Å². The Labute approximate surface area is 196 Å². The molecule has 2 aliphatic rings. The van der Waals surface area contributed by atoms with Crippen molar-refractivity contribution >= 4 is 23.2 Å². The zero-order valence-corrected chi connectivity index (χ0v) is 19.0. The van der Waals surface area contributed by atoms with Crippen molar-refractivity contribution < 1.29 is 23.5 Å². The van der Waals surface area contributed by atoms with Gasteiger partial charge in [0, 0.05) is 12.6 Å². The molecule has 1 saturated carbocycles. The highest BCUT2D eigenvalue weighted by Crippen LogP contribution is 2.34. The zero-order chi connectivity index (χ0) is 22.6. The fourth-order valence-corrected chi connectivity index (χ4v) is 5.14. The molecule has 1 atom stereocenters. The van der Waals surface area contributed by atoms with Gasteiger partial charge in [-0.2, -0.15) is 0 Å². The van der Waals surface area contributed by atoms with Crippen molar-refractivity contribution in [1.82, 2.24) is 10.2 Å². The van der Waals surface area contributed by atoms with Crippen LogP contribution in [0.1, 0.15) is 59.1 Å². The van der Waals surface area contributed by atoms with Gasteiger partial charge in [0.1, 0.15) is 5.76 Å². The van der Waals surface area contributed by atoms with Gasteiger partial charge in [0.15, 0.2) is 17.5 Å². The molecule has 5 rings (SSSR count). The van der Waals surface area contributed by atoms with Gasteiger partial charge < -0.3 is 24.1 Å². The first-order chi connectivity index (χ1) is 16.2. The van der Waals surface area contributed by atoms with E-state index in [0.29, 0.717) is 22.1 Å². The Kier molecular flexibility index (Phi) is 6.35. The molecule has 0 radical (unpaired) electrons. The first-order valence-electron chi connectivity index (χ1n) is 11.3. The molecule has 0 bridgehead atoms. The van der Waals surface area contributed by atoms with Crippen LogP contribution in [-0.4, -0.2) is 29.5 Å². The first kappa shape index (κ1) is 21.6. The summed E-state index contributed by atoms with van der Waals surface area (Å²) in [5, 5.41) is 5.04. The Balaban J connectivity index is 1.48. The van der Waals surface area contributed by atoms with Crippen molar-refractivity contribution in [3.05, 3.63) is 70.3 Å². The fourth-order valence-electron chi connectivity index (χ4n) is 4.46. The molecule has 1 aliphatic carbocycles. The minimum Gasteiger partial charge on any atom is -0.467 e. The summed E-state index contributed by atoms with van der Waals surface area (Å²) in [6.07, 6.45) is 6.85. The van der Waals surface area contributed by atoms with Crippen LogP contribution in [-0.2, 0) is 11.3 Å². The summed E-state index contributed by atoms with van der Waals surface area (Å²) in [6, 6.07) is 11.9. The van der Waals surface area contributed by atoms with Gasteiger partial charge in [0.25, 0.3) is 11.8 Å². The molecular formula is C25H26N2O5S. The van der Waals surface area contributed by atoms with E-state index in [1.54, 1.807) is 23.1 Å². The summed E-state index contributed by atoms with van der Waals surface area (Å²) in [5.41, 5.74) is 0.839. The Hall–Kier alpha value is -3.26. The van der Waals surface area contributed by atoms with E-state index < -0.39 is 6.04 Å². The average molecular weight is 467 g/mol. The Bertz CT molecular complexity index is 1090.